The molecule has 1 heterocycles. The average molecular weight is 377 g/mol. The van der Waals surface area contributed by atoms with Gasteiger partial charge in [0.2, 0.25) is 5.95 Å². The van der Waals surface area contributed by atoms with E-state index in [0.717, 1.165) is 10.0 Å². The minimum absolute atomic E-state index is 0.0873. The van der Waals surface area contributed by atoms with Gasteiger partial charge in [0.1, 0.15) is 5.75 Å². The summed E-state index contributed by atoms with van der Waals surface area (Å²) in [6.07, 6.45) is 0. The summed E-state index contributed by atoms with van der Waals surface area (Å²) in [6.45, 7) is 0. The van der Waals surface area contributed by atoms with E-state index in [4.69, 9.17) is 17.3 Å². The Morgan fingerprint density at radius 3 is 2.36 bits per heavy atom. The van der Waals surface area contributed by atoms with Crippen LogP contribution in [0.5, 0.6) is 5.75 Å². The zero-order chi connectivity index (χ0) is 15.7. The Kier molecular flexibility index (Phi) is 4.00. The highest BCUT2D eigenvalue weighted by molar-refractivity contribution is 9.10. The number of anilines is 1. The van der Waals surface area contributed by atoms with Gasteiger partial charge in [-0.05, 0) is 36.4 Å². The van der Waals surface area contributed by atoms with Gasteiger partial charge in [-0.15, -0.1) is 0 Å². The first kappa shape index (κ1) is 14.8. The van der Waals surface area contributed by atoms with E-state index in [9.17, 15) is 5.11 Å². The Hall–Kier alpha value is -2.11. The number of phenolic OH excluding ortho intramolecular Hbond substituents is 1. The summed E-state index contributed by atoms with van der Waals surface area (Å²) in [5.74, 6) is 0.221. The molecular weight excluding hydrogens is 366 g/mol. The number of aromatic hydroxyl groups is 1. The van der Waals surface area contributed by atoms with E-state index >= 15 is 0 Å². The lowest BCUT2D eigenvalue weighted by molar-refractivity contribution is 0.477. The second-order valence-electron chi connectivity index (χ2n) is 4.66. The topological polar surface area (TPSA) is 72.0 Å². The largest absolute Gasteiger partial charge is 0.507 e. The number of hydrogen-bond acceptors (Lipinski definition) is 4. The lowest BCUT2D eigenvalue weighted by Gasteiger charge is -2.08. The molecule has 22 heavy (non-hydrogen) atoms. The van der Waals surface area contributed by atoms with Gasteiger partial charge in [-0.1, -0.05) is 39.7 Å². The number of nitrogen functional groups attached to an aromatic ring is 1. The first-order valence-corrected chi connectivity index (χ1v) is 7.59. The third-order valence-electron chi connectivity index (χ3n) is 3.12. The molecular formula is C16H11BrClN3O. The first-order chi connectivity index (χ1) is 10.5. The van der Waals surface area contributed by atoms with E-state index in [-0.39, 0.29) is 11.7 Å². The number of benzene rings is 2. The lowest BCUT2D eigenvalue weighted by atomic mass is 10.1. The predicted octanol–water partition coefficient (Wildman–Crippen LogP) is 4.51. The second-order valence-corrected chi connectivity index (χ2v) is 6.02. The number of nitrogens with two attached hydrogens (primary N) is 1. The van der Waals surface area contributed by atoms with Crippen LogP contribution in [0.4, 0.5) is 5.95 Å². The van der Waals surface area contributed by atoms with Crippen molar-refractivity contribution in [3.05, 3.63) is 58.0 Å². The van der Waals surface area contributed by atoms with Crippen LogP contribution in [-0.2, 0) is 0 Å². The molecule has 0 fully saturated rings. The zero-order valence-corrected chi connectivity index (χ0v) is 13.6. The van der Waals surface area contributed by atoms with Crippen molar-refractivity contribution < 1.29 is 5.11 Å². The van der Waals surface area contributed by atoms with Gasteiger partial charge in [0, 0.05) is 20.6 Å². The smallest absolute Gasteiger partial charge is 0.221 e. The summed E-state index contributed by atoms with van der Waals surface area (Å²) in [6, 6.07) is 14.2. The molecule has 0 amide bonds. The van der Waals surface area contributed by atoms with Crippen molar-refractivity contribution in [3.63, 3.8) is 0 Å². The molecule has 3 N–H and O–H groups in total. The van der Waals surface area contributed by atoms with E-state index in [1.54, 1.807) is 18.2 Å². The molecule has 0 aliphatic heterocycles. The quantitative estimate of drug-likeness (QED) is 0.690. The molecule has 4 nitrogen and oxygen atoms in total. The van der Waals surface area contributed by atoms with Crippen LogP contribution in [0.3, 0.4) is 0 Å². The minimum atomic E-state index is 0.0873. The monoisotopic (exact) mass is 375 g/mol. The summed E-state index contributed by atoms with van der Waals surface area (Å²) in [5, 5.41) is 10.5. The van der Waals surface area contributed by atoms with Crippen molar-refractivity contribution in [3.8, 4) is 28.3 Å². The Balaban J connectivity index is 2.14. The van der Waals surface area contributed by atoms with Crippen LogP contribution in [0.25, 0.3) is 22.5 Å². The van der Waals surface area contributed by atoms with Gasteiger partial charge in [0.05, 0.1) is 11.4 Å². The van der Waals surface area contributed by atoms with E-state index < -0.39 is 0 Å². The van der Waals surface area contributed by atoms with Crippen molar-refractivity contribution in [2.45, 2.75) is 0 Å². The van der Waals surface area contributed by atoms with E-state index in [0.29, 0.717) is 22.0 Å². The van der Waals surface area contributed by atoms with Crippen LogP contribution in [0, 0.1) is 0 Å². The maximum absolute atomic E-state index is 10.0. The molecule has 0 aliphatic carbocycles. The Labute approximate surface area is 140 Å². The Bertz CT molecular complexity index is 837. The fourth-order valence-electron chi connectivity index (χ4n) is 2.09. The Morgan fingerprint density at radius 2 is 1.64 bits per heavy atom. The van der Waals surface area contributed by atoms with Gasteiger partial charge < -0.3 is 10.8 Å². The van der Waals surface area contributed by atoms with Gasteiger partial charge in [0.15, 0.2) is 0 Å². The predicted molar refractivity (Wildman–Crippen MR) is 91.7 cm³/mol. The molecule has 0 aliphatic rings. The molecule has 0 spiro atoms. The number of phenols is 1. The number of rotatable bonds is 2. The van der Waals surface area contributed by atoms with Crippen LogP contribution in [-0.4, -0.2) is 15.1 Å². The standard InChI is InChI=1S/C16H11BrClN3O/c17-10-3-1-9(2-4-10)13-8-14(21-16(19)20-13)12-7-11(18)5-6-15(12)22/h1-8,22H,(H2,19,20,21). The molecule has 0 saturated heterocycles. The molecule has 0 unspecified atom stereocenters. The average Bonchev–Trinajstić information content (AvgIpc) is 2.50. The number of halogens is 2. The SMILES string of the molecule is Nc1nc(-c2ccc(Br)cc2)cc(-c2cc(Cl)ccc2O)n1. The summed E-state index contributed by atoms with van der Waals surface area (Å²) in [5.41, 5.74) is 8.42. The van der Waals surface area contributed by atoms with Gasteiger partial charge in [-0.3, -0.25) is 0 Å². The summed E-state index contributed by atoms with van der Waals surface area (Å²) >= 11 is 9.39. The first-order valence-electron chi connectivity index (χ1n) is 6.42. The molecule has 0 radical (unpaired) electrons. The van der Waals surface area contributed by atoms with Crippen LogP contribution in [0.2, 0.25) is 5.02 Å². The summed E-state index contributed by atoms with van der Waals surface area (Å²) in [7, 11) is 0. The van der Waals surface area contributed by atoms with E-state index in [1.807, 2.05) is 24.3 Å². The van der Waals surface area contributed by atoms with Crippen LogP contribution >= 0.6 is 27.5 Å². The van der Waals surface area contributed by atoms with Crippen molar-refractivity contribution in [2.75, 3.05) is 5.73 Å². The molecule has 0 saturated carbocycles. The highest BCUT2D eigenvalue weighted by Gasteiger charge is 2.11. The lowest BCUT2D eigenvalue weighted by Crippen LogP contribution is -1.98. The maximum Gasteiger partial charge on any atom is 0.221 e. The van der Waals surface area contributed by atoms with E-state index in [2.05, 4.69) is 25.9 Å². The fraction of sp³-hybridized carbons (Fsp3) is 0. The van der Waals surface area contributed by atoms with Crippen LogP contribution < -0.4 is 5.73 Å². The van der Waals surface area contributed by atoms with Crippen molar-refractivity contribution >= 4 is 33.5 Å². The molecule has 0 atom stereocenters. The van der Waals surface area contributed by atoms with Crippen molar-refractivity contribution in [2.24, 2.45) is 0 Å². The molecule has 110 valence electrons. The van der Waals surface area contributed by atoms with Gasteiger partial charge in [-0.2, -0.15) is 0 Å². The van der Waals surface area contributed by atoms with Crippen molar-refractivity contribution in [1.29, 1.82) is 0 Å². The highest BCUT2D eigenvalue weighted by Crippen LogP contribution is 2.32. The molecule has 0 bridgehead atoms. The molecule has 6 heteroatoms. The van der Waals surface area contributed by atoms with Gasteiger partial charge >= 0.3 is 0 Å². The van der Waals surface area contributed by atoms with Crippen LogP contribution in [0.1, 0.15) is 0 Å². The minimum Gasteiger partial charge on any atom is -0.507 e. The van der Waals surface area contributed by atoms with Gasteiger partial charge in [0.25, 0.3) is 0 Å². The normalized spacial score (nSPS) is 10.6. The molecule has 3 rings (SSSR count). The number of hydrogen-bond donors (Lipinski definition) is 2. The third-order valence-corrected chi connectivity index (χ3v) is 3.88. The van der Waals surface area contributed by atoms with Crippen molar-refractivity contribution in [1.82, 2.24) is 9.97 Å². The molecule has 3 aromatic rings. The molecule has 1 aromatic heterocycles. The number of nitrogens with zero attached hydrogens (tertiary/aromatic N) is 2. The second kappa shape index (κ2) is 5.94. The maximum atomic E-state index is 10.0. The van der Waals surface area contributed by atoms with Gasteiger partial charge in [-0.25, -0.2) is 9.97 Å². The number of aromatic nitrogens is 2. The fourth-order valence-corrected chi connectivity index (χ4v) is 2.52. The summed E-state index contributed by atoms with van der Waals surface area (Å²) in [4.78, 5) is 8.44. The van der Waals surface area contributed by atoms with E-state index in [1.165, 1.54) is 6.07 Å². The highest BCUT2D eigenvalue weighted by atomic mass is 79.9. The Morgan fingerprint density at radius 1 is 0.955 bits per heavy atom. The third kappa shape index (κ3) is 3.05. The molecule has 2 aromatic carbocycles. The zero-order valence-electron chi connectivity index (χ0n) is 11.3. The summed E-state index contributed by atoms with van der Waals surface area (Å²) < 4.78 is 0.978. The van der Waals surface area contributed by atoms with Crippen LogP contribution in [0.15, 0.2) is 53.0 Å².